The summed E-state index contributed by atoms with van der Waals surface area (Å²) in [7, 11) is 2.14. The van der Waals surface area contributed by atoms with Gasteiger partial charge in [0.05, 0.1) is 0 Å². The van der Waals surface area contributed by atoms with Crippen molar-refractivity contribution in [2.24, 2.45) is 7.05 Å². The van der Waals surface area contributed by atoms with Crippen LogP contribution in [0.5, 0.6) is 0 Å². The van der Waals surface area contributed by atoms with Crippen molar-refractivity contribution in [1.29, 1.82) is 0 Å². The zero-order valence-electron chi connectivity index (χ0n) is 8.41. The Balaban J connectivity index is 2.74. The molecule has 0 aliphatic rings. The first kappa shape index (κ1) is 8.36. The fourth-order valence-electron chi connectivity index (χ4n) is 1.86. The van der Waals surface area contributed by atoms with Crippen LogP contribution in [0.25, 0.3) is 10.9 Å². The lowest BCUT2D eigenvalue weighted by molar-refractivity contribution is 0.755. The topological polar surface area (TPSA) is 4.93 Å². The molecule has 0 atom stereocenters. The fourth-order valence-corrected chi connectivity index (χ4v) is 1.86. The Bertz CT molecular complexity index is 424. The molecule has 0 N–H and O–H groups in total. The van der Waals surface area contributed by atoms with E-state index in [-0.39, 0.29) is 0 Å². The molecule has 2 aromatic rings. The Hall–Kier alpha value is -1.24. The summed E-state index contributed by atoms with van der Waals surface area (Å²) >= 11 is 0. The predicted octanol–water partition coefficient (Wildman–Crippen LogP) is 3.30. The SMILES string of the molecule is CC(C)c1cc2ccccc2n1C. The van der Waals surface area contributed by atoms with Gasteiger partial charge in [-0.3, -0.25) is 0 Å². The van der Waals surface area contributed by atoms with Crippen LogP contribution in [-0.4, -0.2) is 4.57 Å². The number of nitrogens with zero attached hydrogens (tertiary/aromatic N) is 1. The number of hydrogen-bond donors (Lipinski definition) is 0. The third-order valence-electron chi connectivity index (χ3n) is 2.58. The Morgan fingerprint density at radius 2 is 1.85 bits per heavy atom. The summed E-state index contributed by atoms with van der Waals surface area (Å²) in [6, 6.07) is 10.8. The fraction of sp³-hybridized carbons (Fsp3) is 0.333. The molecule has 1 heteroatoms. The molecule has 68 valence electrons. The highest BCUT2D eigenvalue weighted by Gasteiger charge is 2.07. The molecule has 0 aliphatic carbocycles. The molecule has 1 nitrogen and oxygen atoms in total. The van der Waals surface area contributed by atoms with E-state index < -0.39 is 0 Å². The largest absolute Gasteiger partial charge is 0.347 e. The van der Waals surface area contributed by atoms with Crippen LogP contribution in [0.1, 0.15) is 25.5 Å². The highest BCUT2D eigenvalue weighted by molar-refractivity contribution is 5.81. The van der Waals surface area contributed by atoms with Crippen LogP contribution in [0, 0.1) is 0 Å². The smallest absolute Gasteiger partial charge is 0.0479 e. The molecule has 1 heterocycles. The summed E-state index contributed by atoms with van der Waals surface area (Å²) in [6.45, 7) is 4.46. The van der Waals surface area contributed by atoms with Crippen molar-refractivity contribution in [1.82, 2.24) is 4.57 Å². The van der Waals surface area contributed by atoms with E-state index in [1.54, 1.807) is 0 Å². The summed E-state index contributed by atoms with van der Waals surface area (Å²) in [4.78, 5) is 0. The van der Waals surface area contributed by atoms with Gasteiger partial charge in [-0.05, 0) is 23.4 Å². The van der Waals surface area contributed by atoms with Gasteiger partial charge in [0.1, 0.15) is 0 Å². The molecule has 1 aromatic heterocycles. The summed E-state index contributed by atoms with van der Waals surface area (Å²) in [6.07, 6.45) is 0. The van der Waals surface area contributed by atoms with Crippen molar-refractivity contribution in [3.63, 3.8) is 0 Å². The van der Waals surface area contributed by atoms with Gasteiger partial charge in [-0.15, -0.1) is 0 Å². The third kappa shape index (κ3) is 1.24. The van der Waals surface area contributed by atoms with E-state index >= 15 is 0 Å². The molecule has 0 saturated carbocycles. The molecule has 0 fully saturated rings. The number of hydrogen-bond acceptors (Lipinski definition) is 0. The molecular formula is C12H15N. The third-order valence-corrected chi connectivity index (χ3v) is 2.58. The van der Waals surface area contributed by atoms with E-state index in [0.717, 1.165) is 0 Å². The lowest BCUT2D eigenvalue weighted by Crippen LogP contribution is -1.97. The van der Waals surface area contributed by atoms with E-state index in [1.807, 2.05) is 0 Å². The first-order valence-electron chi connectivity index (χ1n) is 4.74. The maximum Gasteiger partial charge on any atom is 0.0479 e. The van der Waals surface area contributed by atoms with E-state index in [0.29, 0.717) is 5.92 Å². The van der Waals surface area contributed by atoms with Gasteiger partial charge < -0.3 is 4.57 Å². The van der Waals surface area contributed by atoms with Crippen LogP contribution in [0.15, 0.2) is 30.3 Å². The Morgan fingerprint density at radius 1 is 1.15 bits per heavy atom. The number of aromatic nitrogens is 1. The number of benzene rings is 1. The second kappa shape index (κ2) is 2.91. The molecule has 1 aromatic carbocycles. The van der Waals surface area contributed by atoms with Crippen LogP contribution in [-0.2, 0) is 7.05 Å². The zero-order valence-corrected chi connectivity index (χ0v) is 8.41. The standard InChI is InChI=1S/C12H15N/c1-9(2)12-8-10-6-4-5-7-11(10)13(12)3/h4-9H,1-3H3. The Morgan fingerprint density at radius 3 is 2.46 bits per heavy atom. The molecule has 0 amide bonds. The van der Waals surface area contributed by atoms with Crippen molar-refractivity contribution in [3.05, 3.63) is 36.0 Å². The number of fused-ring (bicyclic) bond motifs is 1. The van der Waals surface area contributed by atoms with Crippen LogP contribution in [0.2, 0.25) is 0 Å². The molecule has 2 rings (SSSR count). The van der Waals surface area contributed by atoms with Crippen molar-refractivity contribution < 1.29 is 0 Å². The quantitative estimate of drug-likeness (QED) is 0.623. The van der Waals surface area contributed by atoms with Gasteiger partial charge in [-0.25, -0.2) is 0 Å². The van der Waals surface area contributed by atoms with Crippen molar-refractivity contribution in [2.75, 3.05) is 0 Å². The molecule has 0 spiro atoms. The molecule has 13 heavy (non-hydrogen) atoms. The summed E-state index contributed by atoms with van der Waals surface area (Å²) in [5.74, 6) is 0.595. The van der Waals surface area contributed by atoms with Gasteiger partial charge in [-0.2, -0.15) is 0 Å². The highest BCUT2D eigenvalue weighted by Crippen LogP contribution is 2.23. The second-order valence-electron chi connectivity index (χ2n) is 3.84. The molecule has 0 bridgehead atoms. The number of para-hydroxylation sites is 1. The van der Waals surface area contributed by atoms with E-state index in [4.69, 9.17) is 0 Å². The van der Waals surface area contributed by atoms with Gasteiger partial charge in [0.25, 0.3) is 0 Å². The van der Waals surface area contributed by atoms with Crippen molar-refractivity contribution in [2.45, 2.75) is 19.8 Å². The minimum Gasteiger partial charge on any atom is -0.347 e. The molecule has 0 unspecified atom stereocenters. The first-order valence-corrected chi connectivity index (χ1v) is 4.74. The normalized spacial score (nSPS) is 11.4. The van der Waals surface area contributed by atoms with E-state index in [9.17, 15) is 0 Å². The van der Waals surface area contributed by atoms with Crippen LogP contribution in [0.3, 0.4) is 0 Å². The number of aryl methyl sites for hydroxylation is 1. The predicted molar refractivity (Wildman–Crippen MR) is 57.0 cm³/mol. The second-order valence-corrected chi connectivity index (χ2v) is 3.84. The Kier molecular flexibility index (Phi) is 1.87. The van der Waals surface area contributed by atoms with E-state index in [2.05, 4.69) is 55.8 Å². The maximum absolute atomic E-state index is 2.28. The summed E-state index contributed by atoms with van der Waals surface area (Å²) in [5, 5.41) is 1.34. The van der Waals surface area contributed by atoms with Crippen LogP contribution in [0.4, 0.5) is 0 Å². The average molecular weight is 173 g/mol. The molecular weight excluding hydrogens is 158 g/mol. The van der Waals surface area contributed by atoms with Gasteiger partial charge in [0.2, 0.25) is 0 Å². The minimum atomic E-state index is 0.595. The van der Waals surface area contributed by atoms with Crippen molar-refractivity contribution >= 4 is 10.9 Å². The Labute approximate surface area is 79.0 Å². The van der Waals surface area contributed by atoms with Gasteiger partial charge in [0, 0.05) is 18.3 Å². The van der Waals surface area contributed by atoms with Crippen LogP contribution < -0.4 is 0 Å². The lowest BCUT2D eigenvalue weighted by atomic mass is 10.1. The van der Waals surface area contributed by atoms with Gasteiger partial charge in [0.15, 0.2) is 0 Å². The van der Waals surface area contributed by atoms with Crippen molar-refractivity contribution in [3.8, 4) is 0 Å². The number of rotatable bonds is 1. The summed E-state index contributed by atoms with van der Waals surface area (Å²) < 4.78 is 2.28. The first-order chi connectivity index (χ1) is 6.20. The minimum absolute atomic E-state index is 0.595. The monoisotopic (exact) mass is 173 g/mol. The molecule has 0 saturated heterocycles. The molecule has 0 aliphatic heterocycles. The lowest BCUT2D eigenvalue weighted by Gasteiger charge is -2.06. The average Bonchev–Trinajstić information content (AvgIpc) is 2.45. The van der Waals surface area contributed by atoms with E-state index in [1.165, 1.54) is 16.6 Å². The summed E-state index contributed by atoms with van der Waals surface area (Å²) in [5.41, 5.74) is 2.73. The van der Waals surface area contributed by atoms with Gasteiger partial charge >= 0.3 is 0 Å². The maximum atomic E-state index is 2.28. The van der Waals surface area contributed by atoms with Crippen LogP contribution >= 0.6 is 0 Å². The zero-order chi connectivity index (χ0) is 9.42. The molecule has 0 radical (unpaired) electrons. The highest BCUT2D eigenvalue weighted by atomic mass is 14.9. The van der Waals surface area contributed by atoms with Gasteiger partial charge in [-0.1, -0.05) is 32.0 Å².